The standard InChI is InChI=1S/C21H23N3O2/c1-26-17-11-12-18-19(13-17)24-20(23-18)14-7-9-16(10-8-14)22-21(25)15-5-3-2-4-6-15/h7-13,15H,2-6H2,1H3,(H,22,25)(H,23,24). The van der Waals surface area contributed by atoms with Crippen molar-refractivity contribution in [2.24, 2.45) is 5.92 Å². The summed E-state index contributed by atoms with van der Waals surface area (Å²) in [6, 6.07) is 13.6. The highest BCUT2D eigenvalue weighted by molar-refractivity contribution is 5.92. The van der Waals surface area contributed by atoms with Crippen molar-refractivity contribution < 1.29 is 9.53 Å². The highest BCUT2D eigenvalue weighted by Gasteiger charge is 2.21. The molecule has 4 rings (SSSR count). The zero-order valence-corrected chi connectivity index (χ0v) is 14.9. The fraction of sp³-hybridized carbons (Fsp3) is 0.333. The zero-order valence-electron chi connectivity index (χ0n) is 14.9. The van der Waals surface area contributed by atoms with Crippen LogP contribution in [0.1, 0.15) is 32.1 Å². The molecule has 0 radical (unpaired) electrons. The minimum atomic E-state index is 0.147. The van der Waals surface area contributed by atoms with Gasteiger partial charge in [-0.05, 0) is 49.2 Å². The summed E-state index contributed by atoms with van der Waals surface area (Å²) >= 11 is 0. The number of amides is 1. The van der Waals surface area contributed by atoms with Crippen LogP contribution >= 0.6 is 0 Å². The molecule has 1 fully saturated rings. The van der Waals surface area contributed by atoms with Gasteiger partial charge in [-0.1, -0.05) is 19.3 Å². The molecule has 1 aliphatic carbocycles. The van der Waals surface area contributed by atoms with E-state index in [1.807, 2.05) is 42.5 Å². The van der Waals surface area contributed by atoms with Crippen LogP contribution in [0.4, 0.5) is 5.69 Å². The molecule has 0 unspecified atom stereocenters. The topological polar surface area (TPSA) is 67.0 Å². The Kier molecular flexibility index (Phi) is 4.61. The lowest BCUT2D eigenvalue weighted by atomic mass is 9.88. The zero-order chi connectivity index (χ0) is 17.9. The number of fused-ring (bicyclic) bond motifs is 1. The molecule has 1 aliphatic rings. The number of anilines is 1. The first-order valence-corrected chi connectivity index (χ1v) is 9.18. The van der Waals surface area contributed by atoms with Crippen molar-refractivity contribution in [3.8, 4) is 17.1 Å². The largest absolute Gasteiger partial charge is 0.497 e. The molecule has 5 nitrogen and oxygen atoms in total. The number of aromatic amines is 1. The van der Waals surface area contributed by atoms with Crippen molar-refractivity contribution in [1.29, 1.82) is 0 Å². The van der Waals surface area contributed by atoms with Crippen LogP contribution < -0.4 is 10.1 Å². The number of ether oxygens (including phenoxy) is 1. The summed E-state index contributed by atoms with van der Waals surface area (Å²) in [6.07, 6.45) is 5.59. The maximum atomic E-state index is 12.4. The van der Waals surface area contributed by atoms with Crippen LogP contribution in [0.5, 0.6) is 5.75 Å². The van der Waals surface area contributed by atoms with E-state index in [0.717, 1.165) is 59.5 Å². The minimum Gasteiger partial charge on any atom is -0.497 e. The van der Waals surface area contributed by atoms with Gasteiger partial charge in [0.25, 0.3) is 0 Å². The molecule has 2 aromatic carbocycles. The molecule has 0 bridgehead atoms. The second kappa shape index (κ2) is 7.20. The van der Waals surface area contributed by atoms with Crippen molar-refractivity contribution in [2.45, 2.75) is 32.1 Å². The third-order valence-electron chi connectivity index (χ3n) is 5.09. The van der Waals surface area contributed by atoms with Crippen LogP contribution in [0.3, 0.4) is 0 Å². The molecule has 1 amide bonds. The number of imidazole rings is 1. The number of nitrogens with zero attached hydrogens (tertiary/aromatic N) is 1. The van der Waals surface area contributed by atoms with E-state index < -0.39 is 0 Å². The number of hydrogen-bond acceptors (Lipinski definition) is 3. The Labute approximate surface area is 152 Å². The molecule has 5 heteroatoms. The van der Waals surface area contributed by atoms with Gasteiger partial charge in [0.15, 0.2) is 0 Å². The van der Waals surface area contributed by atoms with Crippen LogP contribution in [0.2, 0.25) is 0 Å². The molecule has 3 aromatic rings. The molecular weight excluding hydrogens is 326 g/mol. The molecular formula is C21H23N3O2. The minimum absolute atomic E-state index is 0.147. The van der Waals surface area contributed by atoms with E-state index in [4.69, 9.17) is 4.74 Å². The monoisotopic (exact) mass is 349 g/mol. The first kappa shape index (κ1) is 16.6. The molecule has 0 saturated heterocycles. The molecule has 1 saturated carbocycles. The summed E-state index contributed by atoms with van der Waals surface area (Å²) in [4.78, 5) is 20.3. The maximum absolute atomic E-state index is 12.4. The van der Waals surface area contributed by atoms with Crippen molar-refractivity contribution in [3.63, 3.8) is 0 Å². The van der Waals surface area contributed by atoms with Crippen LogP contribution in [-0.4, -0.2) is 23.0 Å². The van der Waals surface area contributed by atoms with Crippen molar-refractivity contribution >= 4 is 22.6 Å². The summed E-state index contributed by atoms with van der Waals surface area (Å²) < 4.78 is 5.25. The number of carbonyl (C=O) groups is 1. The third kappa shape index (κ3) is 3.43. The number of aromatic nitrogens is 2. The number of benzene rings is 2. The Hall–Kier alpha value is -2.82. The predicted molar refractivity (Wildman–Crippen MR) is 103 cm³/mol. The maximum Gasteiger partial charge on any atom is 0.227 e. The molecule has 1 heterocycles. The number of carbonyl (C=O) groups excluding carboxylic acids is 1. The van der Waals surface area contributed by atoms with E-state index in [0.29, 0.717) is 0 Å². The van der Waals surface area contributed by atoms with Crippen LogP contribution in [-0.2, 0) is 4.79 Å². The summed E-state index contributed by atoms with van der Waals surface area (Å²) in [6.45, 7) is 0. The van der Waals surface area contributed by atoms with Gasteiger partial charge < -0.3 is 15.0 Å². The van der Waals surface area contributed by atoms with Gasteiger partial charge in [-0.3, -0.25) is 4.79 Å². The van der Waals surface area contributed by atoms with Gasteiger partial charge in [0.05, 0.1) is 18.1 Å². The number of nitrogens with one attached hydrogen (secondary N) is 2. The lowest BCUT2D eigenvalue weighted by Crippen LogP contribution is -2.24. The highest BCUT2D eigenvalue weighted by atomic mass is 16.5. The fourth-order valence-electron chi connectivity index (χ4n) is 3.57. The van der Waals surface area contributed by atoms with Gasteiger partial charge in [-0.2, -0.15) is 0 Å². The first-order valence-electron chi connectivity index (χ1n) is 9.18. The Morgan fingerprint density at radius 3 is 2.62 bits per heavy atom. The summed E-state index contributed by atoms with van der Waals surface area (Å²) in [5, 5.41) is 3.05. The SMILES string of the molecule is COc1ccc2nc(-c3ccc(NC(=O)C4CCCCC4)cc3)[nH]c2c1. The Balaban J connectivity index is 1.49. The van der Waals surface area contributed by atoms with Gasteiger partial charge in [0, 0.05) is 23.2 Å². The van der Waals surface area contributed by atoms with Crippen LogP contribution in [0.15, 0.2) is 42.5 Å². The van der Waals surface area contributed by atoms with E-state index in [9.17, 15) is 4.79 Å². The molecule has 0 atom stereocenters. The van der Waals surface area contributed by atoms with Gasteiger partial charge in [-0.25, -0.2) is 4.98 Å². The van der Waals surface area contributed by atoms with E-state index in [1.165, 1.54) is 6.42 Å². The van der Waals surface area contributed by atoms with Gasteiger partial charge in [0.2, 0.25) is 5.91 Å². The lowest BCUT2D eigenvalue weighted by molar-refractivity contribution is -0.120. The average Bonchev–Trinajstić information content (AvgIpc) is 3.12. The third-order valence-corrected chi connectivity index (χ3v) is 5.09. The summed E-state index contributed by atoms with van der Waals surface area (Å²) in [7, 11) is 1.65. The molecule has 0 spiro atoms. The van der Waals surface area contributed by atoms with Crippen molar-refractivity contribution in [3.05, 3.63) is 42.5 Å². The Morgan fingerprint density at radius 2 is 1.88 bits per heavy atom. The van der Waals surface area contributed by atoms with Crippen LogP contribution in [0, 0.1) is 5.92 Å². The Bertz CT molecular complexity index is 909. The summed E-state index contributed by atoms with van der Waals surface area (Å²) in [5.41, 5.74) is 3.66. The molecule has 2 N–H and O–H groups in total. The number of hydrogen-bond donors (Lipinski definition) is 2. The van der Waals surface area contributed by atoms with Gasteiger partial charge in [0.1, 0.15) is 11.6 Å². The molecule has 134 valence electrons. The van der Waals surface area contributed by atoms with Crippen molar-refractivity contribution in [2.75, 3.05) is 12.4 Å². The quantitative estimate of drug-likeness (QED) is 0.714. The molecule has 1 aromatic heterocycles. The fourth-order valence-corrected chi connectivity index (χ4v) is 3.57. The number of H-pyrrole nitrogens is 1. The molecule has 0 aliphatic heterocycles. The van der Waals surface area contributed by atoms with Gasteiger partial charge in [-0.15, -0.1) is 0 Å². The second-order valence-corrected chi connectivity index (χ2v) is 6.87. The second-order valence-electron chi connectivity index (χ2n) is 6.87. The van der Waals surface area contributed by atoms with E-state index in [2.05, 4.69) is 15.3 Å². The predicted octanol–water partition coefficient (Wildman–Crippen LogP) is 4.76. The number of methoxy groups -OCH3 is 1. The molecule has 26 heavy (non-hydrogen) atoms. The van der Waals surface area contributed by atoms with Crippen molar-refractivity contribution in [1.82, 2.24) is 9.97 Å². The average molecular weight is 349 g/mol. The van der Waals surface area contributed by atoms with Crippen LogP contribution in [0.25, 0.3) is 22.4 Å². The number of rotatable bonds is 4. The summed E-state index contributed by atoms with van der Waals surface area (Å²) in [5.74, 6) is 1.91. The first-order chi connectivity index (χ1) is 12.7. The Morgan fingerprint density at radius 1 is 1.12 bits per heavy atom. The van der Waals surface area contributed by atoms with E-state index in [-0.39, 0.29) is 11.8 Å². The smallest absolute Gasteiger partial charge is 0.227 e. The van der Waals surface area contributed by atoms with Gasteiger partial charge >= 0.3 is 0 Å². The normalized spacial score (nSPS) is 15.1. The lowest BCUT2D eigenvalue weighted by Gasteiger charge is -2.20. The van der Waals surface area contributed by atoms with E-state index in [1.54, 1.807) is 7.11 Å². The van der Waals surface area contributed by atoms with E-state index >= 15 is 0 Å². The highest BCUT2D eigenvalue weighted by Crippen LogP contribution is 2.27.